The summed E-state index contributed by atoms with van der Waals surface area (Å²) in [5, 5.41) is 3.26. The summed E-state index contributed by atoms with van der Waals surface area (Å²) in [6, 6.07) is 5.05. The van der Waals surface area contributed by atoms with Crippen LogP contribution < -0.4 is 5.32 Å². The summed E-state index contributed by atoms with van der Waals surface area (Å²) in [7, 11) is 0. The van der Waals surface area contributed by atoms with Gasteiger partial charge in [-0.1, -0.05) is 0 Å². The van der Waals surface area contributed by atoms with Gasteiger partial charge in [-0.05, 0) is 37.6 Å². The Kier molecular flexibility index (Phi) is 3.42. The third-order valence-corrected chi connectivity index (χ3v) is 2.76. The molecule has 2 aromatic rings. The van der Waals surface area contributed by atoms with Crippen molar-refractivity contribution in [2.45, 2.75) is 20.4 Å². The molecule has 0 aliphatic rings. The Hall–Kier alpha value is -1.84. The van der Waals surface area contributed by atoms with Crippen LogP contribution in [0.5, 0.6) is 0 Å². The van der Waals surface area contributed by atoms with E-state index in [1.165, 1.54) is 6.07 Å². The lowest BCUT2D eigenvalue weighted by Crippen LogP contribution is -2.11. The van der Waals surface area contributed by atoms with E-state index in [0.29, 0.717) is 5.56 Å². The first-order valence-electron chi connectivity index (χ1n) is 5.64. The first-order valence-corrected chi connectivity index (χ1v) is 5.64. The normalized spacial score (nSPS) is 10.5. The number of aryl methyl sites for hydroxylation is 2. The number of aromatic nitrogens is 2. The van der Waals surface area contributed by atoms with E-state index in [1.807, 2.05) is 19.2 Å². The number of nitrogens with one attached hydrogen (secondary N) is 1. The Bertz CT molecular complexity index is 505. The number of anilines is 1. The molecule has 0 aliphatic carbocycles. The molecule has 1 heterocycles. The molecule has 1 N–H and O–H groups in total. The van der Waals surface area contributed by atoms with Crippen molar-refractivity contribution >= 4 is 5.69 Å². The van der Waals surface area contributed by atoms with Crippen LogP contribution in [0.3, 0.4) is 0 Å². The quantitative estimate of drug-likeness (QED) is 0.880. The van der Waals surface area contributed by atoms with Crippen LogP contribution in [-0.4, -0.2) is 16.1 Å². The van der Waals surface area contributed by atoms with E-state index in [0.717, 1.165) is 24.6 Å². The molecule has 0 aliphatic heterocycles. The van der Waals surface area contributed by atoms with Gasteiger partial charge in [-0.15, -0.1) is 0 Å². The van der Waals surface area contributed by atoms with Crippen molar-refractivity contribution in [1.29, 1.82) is 0 Å². The van der Waals surface area contributed by atoms with Gasteiger partial charge in [-0.25, -0.2) is 9.37 Å². The molecular formula is C13H16FN3. The zero-order valence-corrected chi connectivity index (χ0v) is 10.1. The number of benzene rings is 1. The minimum absolute atomic E-state index is 0.166. The van der Waals surface area contributed by atoms with Gasteiger partial charge in [0, 0.05) is 31.2 Å². The fourth-order valence-electron chi connectivity index (χ4n) is 1.72. The molecule has 0 fully saturated rings. The van der Waals surface area contributed by atoms with Gasteiger partial charge in [0.25, 0.3) is 0 Å². The second-order valence-corrected chi connectivity index (χ2v) is 4.06. The molecule has 0 saturated heterocycles. The molecule has 1 aromatic carbocycles. The van der Waals surface area contributed by atoms with Crippen molar-refractivity contribution < 1.29 is 4.39 Å². The average Bonchev–Trinajstić information content (AvgIpc) is 2.70. The van der Waals surface area contributed by atoms with Crippen molar-refractivity contribution in [3.8, 4) is 0 Å². The van der Waals surface area contributed by atoms with Crippen LogP contribution >= 0.6 is 0 Å². The molecule has 0 amide bonds. The molecule has 4 heteroatoms. The SMILES string of the molecule is Cc1cc(NCCn2ccnc2C)ccc1F. The van der Waals surface area contributed by atoms with Crippen molar-refractivity contribution in [3.63, 3.8) is 0 Å². The summed E-state index contributed by atoms with van der Waals surface area (Å²) in [5.74, 6) is 0.836. The average molecular weight is 233 g/mol. The number of imidazole rings is 1. The second-order valence-electron chi connectivity index (χ2n) is 4.06. The van der Waals surface area contributed by atoms with E-state index in [1.54, 1.807) is 19.2 Å². The molecule has 90 valence electrons. The maximum absolute atomic E-state index is 13.1. The first-order chi connectivity index (χ1) is 8.16. The number of nitrogens with zero attached hydrogens (tertiary/aromatic N) is 2. The third-order valence-electron chi connectivity index (χ3n) is 2.76. The fraction of sp³-hybridized carbons (Fsp3) is 0.308. The molecule has 0 unspecified atom stereocenters. The van der Waals surface area contributed by atoms with Gasteiger partial charge in [0.1, 0.15) is 11.6 Å². The molecule has 0 saturated carbocycles. The molecule has 17 heavy (non-hydrogen) atoms. The van der Waals surface area contributed by atoms with Gasteiger partial charge in [0.2, 0.25) is 0 Å². The third kappa shape index (κ3) is 2.84. The molecule has 0 atom stereocenters. The van der Waals surface area contributed by atoms with Crippen LogP contribution in [-0.2, 0) is 6.54 Å². The summed E-state index contributed by atoms with van der Waals surface area (Å²) in [4.78, 5) is 4.15. The van der Waals surface area contributed by atoms with Crippen molar-refractivity contribution in [1.82, 2.24) is 9.55 Å². The van der Waals surface area contributed by atoms with E-state index < -0.39 is 0 Å². The van der Waals surface area contributed by atoms with Crippen LogP contribution in [0.4, 0.5) is 10.1 Å². The van der Waals surface area contributed by atoms with Crippen molar-refractivity contribution in [3.05, 3.63) is 47.8 Å². The highest BCUT2D eigenvalue weighted by atomic mass is 19.1. The number of rotatable bonds is 4. The topological polar surface area (TPSA) is 29.9 Å². The Morgan fingerprint density at radius 2 is 2.18 bits per heavy atom. The van der Waals surface area contributed by atoms with Crippen LogP contribution in [0.1, 0.15) is 11.4 Å². The molecule has 3 nitrogen and oxygen atoms in total. The van der Waals surface area contributed by atoms with Gasteiger partial charge >= 0.3 is 0 Å². The van der Waals surface area contributed by atoms with Crippen LogP contribution in [0.2, 0.25) is 0 Å². The minimum Gasteiger partial charge on any atom is -0.383 e. The number of hydrogen-bond acceptors (Lipinski definition) is 2. The van der Waals surface area contributed by atoms with E-state index in [-0.39, 0.29) is 5.82 Å². The van der Waals surface area contributed by atoms with E-state index in [9.17, 15) is 4.39 Å². The van der Waals surface area contributed by atoms with E-state index >= 15 is 0 Å². The summed E-state index contributed by atoms with van der Waals surface area (Å²) in [5.41, 5.74) is 1.61. The summed E-state index contributed by atoms with van der Waals surface area (Å²) in [6.45, 7) is 5.38. The highest BCUT2D eigenvalue weighted by Gasteiger charge is 1.99. The minimum atomic E-state index is -0.166. The highest BCUT2D eigenvalue weighted by molar-refractivity contribution is 5.45. The summed E-state index contributed by atoms with van der Waals surface area (Å²) in [6.07, 6.45) is 3.74. The van der Waals surface area contributed by atoms with E-state index in [2.05, 4.69) is 14.9 Å². The van der Waals surface area contributed by atoms with Crippen LogP contribution in [0, 0.1) is 19.7 Å². The molecule has 0 bridgehead atoms. The zero-order chi connectivity index (χ0) is 12.3. The van der Waals surface area contributed by atoms with Gasteiger partial charge in [0.05, 0.1) is 0 Å². The zero-order valence-electron chi connectivity index (χ0n) is 10.1. The lowest BCUT2D eigenvalue weighted by molar-refractivity contribution is 0.618. The Morgan fingerprint density at radius 1 is 1.35 bits per heavy atom. The first kappa shape index (κ1) is 11.6. The van der Waals surface area contributed by atoms with Crippen LogP contribution in [0.25, 0.3) is 0 Å². The number of hydrogen-bond donors (Lipinski definition) is 1. The Morgan fingerprint density at radius 3 is 2.82 bits per heavy atom. The molecule has 0 radical (unpaired) electrons. The highest BCUT2D eigenvalue weighted by Crippen LogP contribution is 2.13. The Labute approximate surface area is 100 Å². The van der Waals surface area contributed by atoms with Crippen LogP contribution in [0.15, 0.2) is 30.6 Å². The lowest BCUT2D eigenvalue weighted by atomic mass is 10.2. The molecule has 0 spiro atoms. The predicted molar refractivity (Wildman–Crippen MR) is 66.6 cm³/mol. The number of halogens is 1. The molecule has 1 aromatic heterocycles. The summed E-state index contributed by atoms with van der Waals surface area (Å²) < 4.78 is 15.1. The Balaban J connectivity index is 1.90. The smallest absolute Gasteiger partial charge is 0.126 e. The second kappa shape index (κ2) is 4.99. The van der Waals surface area contributed by atoms with Gasteiger partial charge in [-0.3, -0.25) is 0 Å². The van der Waals surface area contributed by atoms with Gasteiger partial charge in [-0.2, -0.15) is 0 Å². The molecular weight excluding hydrogens is 217 g/mol. The van der Waals surface area contributed by atoms with Crippen molar-refractivity contribution in [2.24, 2.45) is 0 Å². The maximum atomic E-state index is 13.1. The van der Waals surface area contributed by atoms with Gasteiger partial charge < -0.3 is 9.88 Å². The predicted octanol–water partition coefficient (Wildman–Crippen LogP) is 2.75. The standard InChI is InChI=1S/C13H16FN3/c1-10-9-12(3-4-13(10)14)16-6-8-17-7-5-15-11(17)2/h3-5,7,9,16H,6,8H2,1-2H3. The monoisotopic (exact) mass is 233 g/mol. The maximum Gasteiger partial charge on any atom is 0.126 e. The molecule has 2 rings (SSSR count). The lowest BCUT2D eigenvalue weighted by Gasteiger charge is -2.09. The van der Waals surface area contributed by atoms with Crippen molar-refractivity contribution in [2.75, 3.05) is 11.9 Å². The van der Waals surface area contributed by atoms with E-state index in [4.69, 9.17) is 0 Å². The largest absolute Gasteiger partial charge is 0.383 e. The summed E-state index contributed by atoms with van der Waals surface area (Å²) >= 11 is 0. The fourth-order valence-corrected chi connectivity index (χ4v) is 1.72. The van der Waals surface area contributed by atoms with Gasteiger partial charge in [0.15, 0.2) is 0 Å².